The van der Waals surface area contributed by atoms with Gasteiger partial charge in [-0.25, -0.2) is 4.98 Å². The van der Waals surface area contributed by atoms with E-state index in [2.05, 4.69) is 4.98 Å². The van der Waals surface area contributed by atoms with Gasteiger partial charge in [-0.2, -0.15) is 13.2 Å². The number of aromatic nitrogens is 1. The molecule has 0 bridgehead atoms. The molecular weight excluding hydrogens is 367 g/mol. The van der Waals surface area contributed by atoms with Gasteiger partial charge in [-0.3, -0.25) is 4.79 Å². The Morgan fingerprint density at radius 3 is 2.67 bits per heavy atom. The highest BCUT2D eigenvalue weighted by Gasteiger charge is 2.34. The summed E-state index contributed by atoms with van der Waals surface area (Å²) in [5.74, 6) is -0.249. The van der Waals surface area contributed by atoms with Gasteiger partial charge in [-0.1, -0.05) is 11.6 Å². The predicted octanol–water partition coefficient (Wildman–Crippen LogP) is 3.68. The molecule has 130 valence electrons. The lowest BCUT2D eigenvalue weighted by molar-refractivity contribution is -0.140. The highest BCUT2D eigenvalue weighted by molar-refractivity contribution is 7.09. The molecule has 0 unspecified atom stereocenters. The molecule has 2 aromatic rings. The number of ether oxygens (including phenoxy) is 1. The van der Waals surface area contributed by atoms with Gasteiger partial charge in [-0.05, 0) is 6.07 Å². The zero-order chi connectivity index (χ0) is 18.1. The third kappa shape index (κ3) is 3.90. The largest absolute Gasteiger partial charge is 0.496 e. The van der Waals surface area contributed by atoms with Crippen molar-refractivity contribution in [2.45, 2.75) is 12.7 Å². The van der Waals surface area contributed by atoms with E-state index in [1.807, 2.05) is 0 Å². The Morgan fingerprint density at radius 2 is 2.12 bits per heavy atom. The van der Waals surface area contributed by atoms with E-state index in [-0.39, 0.29) is 33.6 Å². The summed E-state index contributed by atoms with van der Waals surface area (Å²) in [5, 5.41) is 1.26. The summed E-state index contributed by atoms with van der Waals surface area (Å²) in [4.78, 5) is 17.2. The second-order valence-electron chi connectivity index (χ2n) is 4.86. The SMILES string of the molecule is COc1cc(N)c(Cl)cc1C(=O)N(C)Cc1nc(C(F)(F)F)cs1. The zero-order valence-corrected chi connectivity index (χ0v) is 14.2. The van der Waals surface area contributed by atoms with Crippen LogP contribution in [0.1, 0.15) is 21.1 Å². The Morgan fingerprint density at radius 1 is 1.46 bits per heavy atom. The van der Waals surface area contributed by atoms with Crippen molar-refractivity contribution in [2.24, 2.45) is 0 Å². The number of nitrogens with zero attached hydrogens (tertiary/aromatic N) is 2. The zero-order valence-electron chi connectivity index (χ0n) is 12.6. The summed E-state index contributed by atoms with van der Waals surface area (Å²) < 4.78 is 42.8. The van der Waals surface area contributed by atoms with Crippen LogP contribution in [0, 0.1) is 0 Å². The van der Waals surface area contributed by atoms with Gasteiger partial charge in [0.05, 0.1) is 29.9 Å². The molecule has 0 spiro atoms. The predicted molar refractivity (Wildman–Crippen MR) is 85.3 cm³/mol. The van der Waals surface area contributed by atoms with Gasteiger partial charge in [0.1, 0.15) is 10.8 Å². The standard InChI is InChI=1S/C14H13ClF3N3O2S/c1-21(5-12-20-11(6-24-12)14(16,17)18)13(22)7-3-8(15)9(19)4-10(7)23-2/h3-4,6H,5,19H2,1-2H3. The second-order valence-corrected chi connectivity index (χ2v) is 6.21. The first-order valence-electron chi connectivity index (χ1n) is 6.53. The maximum atomic E-state index is 12.6. The van der Waals surface area contributed by atoms with E-state index in [0.717, 1.165) is 16.7 Å². The number of hydrogen-bond acceptors (Lipinski definition) is 5. The van der Waals surface area contributed by atoms with Crippen LogP contribution in [0.5, 0.6) is 5.75 Å². The number of amides is 1. The summed E-state index contributed by atoms with van der Waals surface area (Å²) in [7, 11) is 2.82. The molecule has 1 amide bonds. The molecule has 0 aliphatic carbocycles. The summed E-state index contributed by atoms with van der Waals surface area (Å²) in [6, 6.07) is 2.77. The number of anilines is 1. The van der Waals surface area contributed by atoms with Crippen molar-refractivity contribution < 1.29 is 22.7 Å². The van der Waals surface area contributed by atoms with Gasteiger partial charge in [-0.15, -0.1) is 11.3 Å². The molecule has 5 nitrogen and oxygen atoms in total. The van der Waals surface area contributed by atoms with Crippen molar-refractivity contribution >= 4 is 34.5 Å². The highest BCUT2D eigenvalue weighted by Crippen LogP contribution is 2.32. The molecule has 1 aromatic carbocycles. The molecule has 0 aliphatic heterocycles. The van der Waals surface area contributed by atoms with Crippen LogP contribution in [0.4, 0.5) is 18.9 Å². The van der Waals surface area contributed by atoms with E-state index in [1.165, 1.54) is 31.2 Å². The van der Waals surface area contributed by atoms with Crippen LogP contribution >= 0.6 is 22.9 Å². The smallest absolute Gasteiger partial charge is 0.434 e. The van der Waals surface area contributed by atoms with Crippen molar-refractivity contribution in [3.05, 3.63) is 38.8 Å². The quantitative estimate of drug-likeness (QED) is 0.823. The van der Waals surface area contributed by atoms with Crippen molar-refractivity contribution in [1.82, 2.24) is 9.88 Å². The molecule has 0 radical (unpaired) electrons. The number of methoxy groups -OCH3 is 1. The molecule has 1 aromatic heterocycles. The van der Waals surface area contributed by atoms with E-state index in [4.69, 9.17) is 22.1 Å². The minimum atomic E-state index is -4.51. The molecule has 0 fully saturated rings. The average Bonchev–Trinajstić information content (AvgIpc) is 2.97. The summed E-state index contributed by atoms with van der Waals surface area (Å²) in [6.45, 7) is -0.0786. The molecule has 2 N–H and O–H groups in total. The van der Waals surface area contributed by atoms with E-state index >= 15 is 0 Å². The maximum absolute atomic E-state index is 12.6. The first kappa shape index (κ1) is 18.3. The molecule has 0 atom stereocenters. The van der Waals surface area contributed by atoms with Gasteiger partial charge < -0.3 is 15.4 Å². The molecule has 0 aliphatic rings. The van der Waals surface area contributed by atoms with Crippen LogP contribution in [-0.4, -0.2) is 29.9 Å². The van der Waals surface area contributed by atoms with E-state index in [1.54, 1.807) is 0 Å². The number of carbonyl (C=O) groups is 1. The van der Waals surface area contributed by atoms with Crippen molar-refractivity contribution in [3.63, 3.8) is 0 Å². The number of halogens is 4. The Bertz CT molecular complexity index is 764. The van der Waals surface area contributed by atoms with Crippen LogP contribution < -0.4 is 10.5 Å². The number of hydrogen-bond donors (Lipinski definition) is 1. The number of nitrogen functional groups attached to an aromatic ring is 1. The fourth-order valence-corrected chi connectivity index (χ4v) is 2.92. The molecule has 24 heavy (non-hydrogen) atoms. The lowest BCUT2D eigenvalue weighted by Crippen LogP contribution is -2.26. The molecule has 1 heterocycles. The molecule has 0 saturated carbocycles. The Balaban J connectivity index is 2.21. The average molecular weight is 380 g/mol. The fourth-order valence-electron chi connectivity index (χ4n) is 1.90. The van der Waals surface area contributed by atoms with Crippen LogP contribution in [0.2, 0.25) is 5.02 Å². The highest BCUT2D eigenvalue weighted by atomic mass is 35.5. The second kappa shape index (κ2) is 6.86. The van der Waals surface area contributed by atoms with Gasteiger partial charge in [0.2, 0.25) is 0 Å². The van der Waals surface area contributed by atoms with Gasteiger partial charge in [0, 0.05) is 18.5 Å². The number of alkyl halides is 3. The third-order valence-corrected chi connectivity index (χ3v) is 4.27. The topological polar surface area (TPSA) is 68.5 Å². The fraction of sp³-hybridized carbons (Fsp3) is 0.286. The van der Waals surface area contributed by atoms with Crippen molar-refractivity contribution in [2.75, 3.05) is 19.9 Å². The number of benzene rings is 1. The third-order valence-electron chi connectivity index (χ3n) is 3.11. The number of rotatable bonds is 4. The van der Waals surface area contributed by atoms with Gasteiger partial charge in [0.25, 0.3) is 5.91 Å². The Hall–Kier alpha value is -2.00. The first-order chi connectivity index (χ1) is 11.1. The summed E-state index contributed by atoms with van der Waals surface area (Å²) in [5.41, 5.74) is 5.09. The van der Waals surface area contributed by atoms with E-state index < -0.39 is 17.8 Å². The number of thiazole rings is 1. The summed E-state index contributed by atoms with van der Waals surface area (Å²) >= 11 is 6.75. The Labute approximate surface area is 144 Å². The summed E-state index contributed by atoms with van der Waals surface area (Å²) in [6.07, 6.45) is -4.51. The number of nitrogens with two attached hydrogens (primary N) is 1. The van der Waals surface area contributed by atoms with Crippen molar-refractivity contribution in [1.29, 1.82) is 0 Å². The van der Waals surface area contributed by atoms with Crippen LogP contribution in [0.15, 0.2) is 17.5 Å². The minimum absolute atomic E-state index is 0.0786. The lowest BCUT2D eigenvalue weighted by Gasteiger charge is -2.18. The maximum Gasteiger partial charge on any atom is 0.434 e. The molecule has 10 heteroatoms. The lowest BCUT2D eigenvalue weighted by atomic mass is 10.1. The Kier molecular flexibility index (Phi) is 5.24. The first-order valence-corrected chi connectivity index (χ1v) is 7.79. The van der Waals surface area contributed by atoms with E-state index in [9.17, 15) is 18.0 Å². The normalized spacial score (nSPS) is 11.4. The van der Waals surface area contributed by atoms with Crippen LogP contribution in [-0.2, 0) is 12.7 Å². The monoisotopic (exact) mass is 379 g/mol. The number of carbonyl (C=O) groups excluding carboxylic acids is 1. The van der Waals surface area contributed by atoms with E-state index in [0.29, 0.717) is 0 Å². The van der Waals surface area contributed by atoms with Crippen molar-refractivity contribution in [3.8, 4) is 5.75 Å². The van der Waals surface area contributed by atoms with Crippen LogP contribution in [0.25, 0.3) is 0 Å². The molecule has 0 saturated heterocycles. The van der Waals surface area contributed by atoms with Gasteiger partial charge in [0.15, 0.2) is 5.69 Å². The van der Waals surface area contributed by atoms with Gasteiger partial charge >= 0.3 is 6.18 Å². The molecular formula is C14H13ClF3N3O2S. The van der Waals surface area contributed by atoms with Crippen LogP contribution in [0.3, 0.4) is 0 Å². The minimum Gasteiger partial charge on any atom is -0.496 e. The molecule has 2 rings (SSSR count).